The van der Waals surface area contributed by atoms with E-state index in [0.29, 0.717) is 12.8 Å². The van der Waals surface area contributed by atoms with Crippen LogP contribution in [-0.4, -0.2) is 63.8 Å². The van der Waals surface area contributed by atoms with Crippen molar-refractivity contribution in [1.29, 1.82) is 0 Å². The molecule has 0 bridgehead atoms. The standard InChI is InChI=1S/C18H35NO6Si/c1-12(20)19(23-7)14-10-11-15(24-13(2)21)17(16(14)22-6)25-26(8,9)18(3,4)5/h14-17H,10-11H2,1-9H3/t14-,15-,16+,17+/m0/s1. The summed E-state index contributed by atoms with van der Waals surface area (Å²) in [5.41, 5.74) is 0. The van der Waals surface area contributed by atoms with Crippen LogP contribution in [0.4, 0.5) is 0 Å². The van der Waals surface area contributed by atoms with E-state index < -0.39 is 26.6 Å². The maximum absolute atomic E-state index is 12.0. The summed E-state index contributed by atoms with van der Waals surface area (Å²) in [5, 5.41) is 1.32. The van der Waals surface area contributed by atoms with Crippen molar-refractivity contribution in [3.05, 3.63) is 0 Å². The number of rotatable bonds is 6. The van der Waals surface area contributed by atoms with Crippen LogP contribution in [0.15, 0.2) is 0 Å². The Balaban J connectivity index is 3.22. The molecular weight excluding hydrogens is 354 g/mol. The monoisotopic (exact) mass is 389 g/mol. The Kier molecular flexibility index (Phi) is 7.83. The molecule has 8 heteroatoms. The van der Waals surface area contributed by atoms with Crippen molar-refractivity contribution in [2.24, 2.45) is 0 Å². The molecule has 7 nitrogen and oxygen atoms in total. The SMILES string of the molecule is CO[C@H]1[C@H](O[Si](C)(C)C(C)(C)C)[C@@H](OC(C)=O)CC[C@@H]1N(OC)C(C)=O. The van der Waals surface area contributed by atoms with Crippen LogP contribution in [0.5, 0.6) is 0 Å². The summed E-state index contributed by atoms with van der Waals surface area (Å²) in [6, 6.07) is -0.302. The first kappa shape index (κ1) is 23.1. The Morgan fingerprint density at radius 3 is 2.00 bits per heavy atom. The first-order chi connectivity index (χ1) is 11.9. The van der Waals surface area contributed by atoms with Crippen LogP contribution in [0.2, 0.25) is 18.1 Å². The zero-order chi connectivity index (χ0) is 20.3. The summed E-state index contributed by atoms with van der Waals surface area (Å²) < 4.78 is 17.9. The van der Waals surface area contributed by atoms with E-state index in [1.54, 1.807) is 7.11 Å². The highest BCUT2D eigenvalue weighted by atomic mass is 28.4. The third-order valence-electron chi connectivity index (χ3n) is 5.45. The maximum Gasteiger partial charge on any atom is 0.302 e. The molecule has 0 unspecified atom stereocenters. The van der Waals surface area contributed by atoms with Crippen LogP contribution >= 0.6 is 0 Å². The van der Waals surface area contributed by atoms with E-state index in [9.17, 15) is 9.59 Å². The van der Waals surface area contributed by atoms with Gasteiger partial charge >= 0.3 is 5.97 Å². The van der Waals surface area contributed by atoms with Crippen molar-refractivity contribution in [2.75, 3.05) is 14.2 Å². The Morgan fingerprint density at radius 1 is 1.04 bits per heavy atom. The summed E-state index contributed by atoms with van der Waals surface area (Å²) in [6.45, 7) is 13.6. The molecule has 0 heterocycles. The molecule has 1 amide bonds. The minimum Gasteiger partial charge on any atom is -0.460 e. The molecule has 0 saturated heterocycles. The van der Waals surface area contributed by atoms with Gasteiger partial charge in [-0.05, 0) is 31.0 Å². The zero-order valence-corrected chi connectivity index (χ0v) is 18.6. The fraction of sp³-hybridized carbons (Fsp3) is 0.889. The number of hydroxylamine groups is 2. The van der Waals surface area contributed by atoms with Gasteiger partial charge in [0.1, 0.15) is 18.3 Å². The molecule has 1 rings (SSSR count). The average molecular weight is 390 g/mol. The second-order valence-corrected chi connectivity index (χ2v) is 13.1. The minimum atomic E-state index is -2.16. The van der Waals surface area contributed by atoms with Gasteiger partial charge in [0.25, 0.3) is 0 Å². The Hall–Kier alpha value is -0.963. The number of esters is 1. The number of methoxy groups -OCH3 is 1. The van der Waals surface area contributed by atoms with E-state index in [1.165, 1.54) is 26.0 Å². The Morgan fingerprint density at radius 2 is 1.62 bits per heavy atom. The summed E-state index contributed by atoms with van der Waals surface area (Å²) in [6.07, 6.45) is -0.141. The van der Waals surface area contributed by atoms with Crippen LogP contribution in [0.25, 0.3) is 0 Å². The van der Waals surface area contributed by atoms with Gasteiger partial charge in [-0.1, -0.05) is 20.8 Å². The van der Waals surface area contributed by atoms with E-state index in [-0.39, 0.29) is 23.0 Å². The third kappa shape index (κ3) is 5.28. The maximum atomic E-state index is 12.0. The number of amides is 1. The van der Waals surface area contributed by atoms with Gasteiger partial charge in [0, 0.05) is 21.0 Å². The first-order valence-electron chi connectivity index (χ1n) is 9.07. The molecular formula is C18H35NO6Si. The second-order valence-electron chi connectivity index (χ2n) is 8.36. The van der Waals surface area contributed by atoms with E-state index in [2.05, 4.69) is 33.9 Å². The zero-order valence-electron chi connectivity index (χ0n) is 17.6. The van der Waals surface area contributed by atoms with Crippen molar-refractivity contribution in [3.63, 3.8) is 0 Å². The van der Waals surface area contributed by atoms with Crippen LogP contribution in [-0.2, 0) is 28.3 Å². The van der Waals surface area contributed by atoms with Crippen molar-refractivity contribution < 1.29 is 28.3 Å². The molecule has 0 aromatic rings. The molecule has 1 aliphatic carbocycles. The Labute approximate surface area is 158 Å². The van der Waals surface area contributed by atoms with Crippen LogP contribution in [0, 0.1) is 0 Å². The highest BCUT2D eigenvalue weighted by Gasteiger charge is 2.50. The molecule has 1 fully saturated rings. The summed E-state index contributed by atoms with van der Waals surface area (Å²) in [7, 11) is 0.895. The van der Waals surface area contributed by atoms with E-state index in [0.717, 1.165) is 0 Å². The average Bonchev–Trinajstić information content (AvgIpc) is 2.48. The fourth-order valence-electron chi connectivity index (χ4n) is 3.13. The lowest BCUT2D eigenvalue weighted by Gasteiger charge is -2.48. The highest BCUT2D eigenvalue weighted by Crippen LogP contribution is 2.40. The normalized spacial score (nSPS) is 27.1. The lowest BCUT2D eigenvalue weighted by molar-refractivity contribution is -0.223. The quantitative estimate of drug-likeness (QED) is 0.395. The van der Waals surface area contributed by atoms with Crippen molar-refractivity contribution in [1.82, 2.24) is 5.06 Å². The summed E-state index contributed by atoms with van der Waals surface area (Å²) >= 11 is 0. The molecule has 0 aliphatic heterocycles. The molecule has 0 N–H and O–H groups in total. The molecule has 0 aromatic heterocycles. The molecule has 4 atom stereocenters. The van der Waals surface area contributed by atoms with E-state index in [1.807, 2.05) is 0 Å². The van der Waals surface area contributed by atoms with Gasteiger partial charge < -0.3 is 13.9 Å². The molecule has 0 spiro atoms. The summed E-state index contributed by atoms with van der Waals surface area (Å²) in [4.78, 5) is 28.9. The van der Waals surface area contributed by atoms with Crippen molar-refractivity contribution in [2.45, 2.75) is 89.9 Å². The van der Waals surface area contributed by atoms with Crippen LogP contribution < -0.4 is 0 Å². The van der Waals surface area contributed by atoms with Gasteiger partial charge in [-0.3, -0.25) is 14.4 Å². The lowest BCUT2D eigenvalue weighted by atomic mass is 9.87. The van der Waals surface area contributed by atoms with Gasteiger partial charge in [0.05, 0.1) is 13.2 Å². The van der Waals surface area contributed by atoms with Gasteiger partial charge in [0.2, 0.25) is 5.91 Å². The third-order valence-corrected chi connectivity index (χ3v) is 9.92. The molecule has 26 heavy (non-hydrogen) atoms. The predicted molar refractivity (Wildman–Crippen MR) is 101 cm³/mol. The molecule has 1 aliphatic rings. The number of hydrogen-bond donors (Lipinski definition) is 0. The van der Waals surface area contributed by atoms with Gasteiger partial charge in [-0.25, -0.2) is 5.06 Å². The number of ether oxygens (including phenoxy) is 2. The molecule has 0 aromatic carbocycles. The number of nitrogens with zero attached hydrogens (tertiary/aromatic N) is 1. The fourth-order valence-corrected chi connectivity index (χ4v) is 4.45. The largest absolute Gasteiger partial charge is 0.460 e. The molecule has 152 valence electrons. The Bertz CT molecular complexity index is 504. The second kappa shape index (κ2) is 8.82. The number of carbonyl (C=O) groups is 2. The van der Waals surface area contributed by atoms with E-state index in [4.69, 9.17) is 18.7 Å². The van der Waals surface area contributed by atoms with Crippen LogP contribution in [0.1, 0.15) is 47.5 Å². The topological polar surface area (TPSA) is 74.3 Å². The molecule has 1 saturated carbocycles. The minimum absolute atomic E-state index is 0.0134. The smallest absolute Gasteiger partial charge is 0.302 e. The number of hydrogen-bond acceptors (Lipinski definition) is 6. The van der Waals surface area contributed by atoms with Gasteiger partial charge in [0.15, 0.2) is 8.32 Å². The molecule has 0 radical (unpaired) electrons. The highest BCUT2D eigenvalue weighted by molar-refractivity contribution is 6.74. The lowest BCUT2D eigenvalue weighted by Crippen LogP contribution is -2.62. The van der Waals surface area contributed by atoms with Crippen molar-refractivity contribution in [3.8, 4) is 0 Å². The first-order valence-corrected chi connectivity index (χ1v) is 12.0. The van der Waals surface area contributed by atoms with Crippen LogP contribution in [0.3, 0.4) is 0 Å². The van der Waals surface area contributed by atoms with E-state index >= 15 is 0 Å². The predicted octanol–water partition coefficient (Wildman–Crippen LogP) is 2.90. The van der Waals surface area contributed by atoms with Gasteiger partial charge in [-0.15, -0.1) is 0 Å². The summed E-state index contributed by atoms with van der Waals surface area (Å²) in [5.74, 6) is -0.543. The van der Waals surface area contributed by atoms with Gasteiger partial charge in [-0.2, -0.15) is 0 Å². The number of carbonyl (C=O) groups excluding carboxylic acids is 2. The van der Waals surface area contributed by atoms with Crippen molar-refractivity contribution >= 4 is 20.2 Å².